The highest BCUT2D eigenvalue weighted by Crippen LogP contribution is 2.28. The summed E-state index contributed by atoms with van der Waals surface area (Å²) >= 11 is 0. The first-order valence-electron chi connectivity index (χ1n) is 7.14. The van der Waals surface area contributed by atoms with Gasteiger partial charge < -0.3 is 9.15 Å². The highest BCUT2D eigenvalue weighted by Gasteiger charge is 2.14. The maximum absolute atomic E-state index is 11.8. The largest absolute Gasteiger partial charge is 0.483 e. The molecule has 1 aromatic carbocycles. The number of nitrogens with one attached hydrogen (secondary N) is 1. The number of hydrogen-bond donors (Lipinski definition) is 1. The number of furan rings is 1. The molecule has 0 aliphatic carbocycles. The van der Waals surface area contributed by atoms with Crippen LogP contribution in [-0.2, 0) is 4.79 Å². The van der Waals surface area contributed by atoms with Crippen molar-refractivity contribution in [3.05, 3.63) is 57.5 Å². The summed E-state index contributed by atoms with van der Waals surface area (Å²) in [5.41, 5.74) is 4.05. The molecule has 126 valence electrons. The minimum atomic E-state index is -0.470. The number of nitro benzene ring substituents is 1. The molecule has 2 rings (SSSR count). The number of nitrogens with zero attached hydrogens (tertiary/aromatic N) is 2. The van der Waals surface area contributed by atoms with Crippen molar-refractivity contribution in [2.75, 3.05) is 6.61 Å². The fourth-order valence-corrected chi connectivity index (χ4v) is 2.12. The van der Waals surface area contributed by atoms with E-state index in [1.807, 2.05) is 0 Å². The van der Waals surface area contributed by atoms with Crippen molar-refractivity contribution in [1.29, 1.82) is 0 Å². The molecule has 2 aromatic rings. The molecule has 0 saturated carbocycles. The number of benzene rings is 1. The number of hydrazone groups is 1. The first-order chi connectivity index (χ1) is 11.4. The summed E-state index contributed by atoms with van der Waals surface area (Å²) in [5.74, 6) is 0.554. The van der Waals surface area contributed by atoms with Gasteiger partial charge >= 0.3 is 0 Å². The lowest BCUT2D eigenvalue weighted by Crippen LogP contribution is -2.26. The SMILES string of the molecule is CC(=NNC(=O)COc1c(C)cc([N+](=O)[O-])cc1C)c1ccco1. The molecule has 0 aliphatic rings. The van der Waals surface area contributed by atoms with Crippen molar-refractivity contribution < 1.29 is 18.9 Å². The summed E-state index contributed by atoms with van der Waals surface area (Å²) < 4.78 is 10.6. The van der Waals surface area contributed by atoms with Crippen molar-refractivity contribution in [3.8, 4) is 5.75 Å². The second kappa shape index (κ2) is 7.40. The molecule has 0 fully saturated rings. The number of carbonyl (C=O) groups is 1. The first kappa shape index (κ1) is 17.2. The molecule has 24 heavy (non-hydrogen) atoms. The first-order valence-corrected chi connectivity index (χ1v) is 7.14. The Bertz CT molecular complexity index is 758. The fourth-order valence-electron chi connectivity index (χ4n) is 2.12. The second-order valence-electron chi connectivity index (χ2n) is 5.16. The lowest BCUT2D eigenvalue weighted by Gasteiger charge is -2.11. The molecule has 1 heterocycles. The van der Waals surface area contributed by atoms with Crippen LogP contribution in [0.4, 0.5) is 5.69 Å². The molecular weight excluding hydrogens is 314 g/mol. The third-order valence-corrected chi connectivity index (χ3v) is 3.23. The van der Waals surface area contributed by atoms with Gasteiger partial charge in [-0.1, -0.05) is 0 Å². The number of aryl methyl sites for hydroxylation is 2. The zero-order valence-corrected chi connectivity index (χ0v) is 13.5. The van der Waals surface area contributed by atoms with Crippen LogP contribution in [0.2, 0.25) is 0 Å². The summed E-state index contributed by atoms with van der Waals surface area (Å²) in [6.07, 6.45) is 1.51. The molecule has 8 nitrogen and oxygen atoms in total. The Kier molecular flexibility index (Phi) is 5.31. The molecule has 1 aromatic heterocycles. The van der Waals surface area contributed by atoms with Crippen molar-refractivity contribution in [3.63, 3.8) is 0 Å². The van der Waals surface area contributed by atoms with Gasteiger partial charge in [0.1, 0.15) is 17.2 Å². The Morgan fingerprint density at radius 2 is 2.04 bits per heavy atom. The lowest BCUT2D eigenvalue weighted by atomic mass is 10.1. The van der Waals surface area contributed by atoms with E-state index in [-0.39, 0.29) is 12.3 Å². The van der Waals surface area contributed by atoms with Crippen LogP contribution in [0.5, 0.6) is 5.75 Å². The Labute approximate surface area is 138 Å². The topological polar surface area (TPSA) is 107 Å². The average Bonchev–Trinajstić information content (AvgIpc) is 3.06. The highest BCUT2D eigenvalue weighted by molar-refractivity contribution is 5.96. The van der Waals surface area contributed by atoms with Gasteiger partial charge in [-0.2, -0.15) is 5.10 Å². The van der Waals surface area contributed by atoms with Crippen LogP contribution < -0.4 is 10.2 Å². The van der Waals surface area contributed by atoms with Gasteiger partial charge in [-0.15, -0.1) is 0 Å². The lowest BCUT2D eigenvalue weighted by molar-refractivity contribution is -0.385. The van der Waals surface area contributed by atoms with E-state index in [2.05, 4.69) is 10.5 Å². The van der Waals surface area contributed by atoms with Crippen LogP contribution in [0, 0.1) is 24.0 Å². The Hall–Kier alpha value is -3.16. The van der Waals surface area contributed by atoms with Crippen LogP contribution in [0.15, 0.2) is 40.0 Å². The third kappa shape index (κ3) is 4.19. The van der Waals surface area contributed by atoms with Gasteiger partial charge in [0.25, 0.3) is 11.6 Å². The van der Waals surface area contributed by atoms with Gasteiger partial charge in [0.05, 0.1) is 11.2 Å². The number of non-ortho nitro benzene ring substituents is 1. The van der Waals surface area contributed by atoms with Gasteiger partial charge in [0, 0.05) is 12.1 Å². The zero-order chi connectivity index (χ0) is 17.7. The predicted octanol–water partition coefficient (Wildman–Crippen LogP) is 2.72. The summed E-state index contributed by atoms with van der Waals surface area (Å²) in [6.45, 7) is 4.82. The molecule has 1 amide bonds. The van der Waals surface area contributed by atoms with Crippen LogP contribution in [-0.4, -0.2) is 23.1 Å². The van der Waals surface area contributed by atoms with Crippen molar-refractivity contribution in [2.45, 2.75) is 20.8 Å². The Balaban J connectivity index is 1.97. The quantitative estimate of drug-likeness (QED) is 0.497. The van der Waals surface area contributed by atoms with Crippen molar-refractivity contribution in [1.82, 2.24) is 5.43 Å². The van der Waals surface area contributed by atoms with Crippen LogP contribution in [0.1, 0.15) is 23.8 Å². The smallest absolute Gasteiger partial charge is 0.277 e. The number of carbonyl (C=O) groups excluding carboxylic acids is 1. The fraction of sp³-hybridized carbons (Fsp3) is 0.250. The number of rotatable bonds is 6. The van der Waals surface area contributed by atoms with E-state index in [1.54, 1.807) is 32.9 Å². The Morgan fingerprint density at radius 3 is 2.58 bits per heavy atom. The van der Waals surface area contributed by atoms with E-state index in [0.29, 0.717) is 28.3 Å². The van der Waals surface area contributed by atoms with E-state index in [9.17, 15) is 14.9 Å². The van der Waals surface area contributed by atoms with E-state index in [0.717, 1.165) is 0 Å². The number of ether oxygens (including phenoxy) is 1. The van der Waals surface area contributed by atoms with Gasteiger partial charge in [-0.3, -0.25) is 14.9 Å². The van der Waals surface area contributed by atoms with Crippen LogP contribution in [0.25, 0.3) is 0 Å². The molecule has 0 atom stereocenters. The minimum absolute atomic E-state index is 0.0134. The molecule has 1 N–H and O–H groups in total. The second-order valence-corrected chi connectivity index (χ2v) is 5.16. The van der Waals surface area contributed by atoms with E-state index < -0.39 is 10.8 Å². The van der Waals surface area contributed by atoms with Crippen LogP contribution >= 0.6 is 0 Å². The summed E-state index contributed by atoms with van der Waals surface area (Å²) in [6, 6.07) is 6.25. The standard InChI is InChI=1S/C16H17N3O5/c1-10-7-13(19(21)22)8-11(2)16(10)24-9-15(20)18-17-12(3)14-5-4-6-23-14/h4-8H,9H2,1-3H3,(H,18,20). The van der Waals surface area contributed by atoms with E-state index >= 15 is 0 Å². The van der Waals surface area contributed by atoms with Gasteiger partial charge in [-0.05, 0) is 44.0 Å². The van der Waals surface area contributed by atoms with E-state index in [4.69, 9.17) is 9.15 Å². The monoisotopic (exact) mass is 331 g/mol. The number of hydrogen-bond acceptors (Lipinski definition) is 6. The zero-order valence-electron chi connectivity index (χ0n) is 13.5. The highest BCUT2D eigenvalue weighted by atomic mass is 16.6. The van der Waals surface area contributed by atoms with Crippen LogP contribution in [0.3, 0.4) is 0 Å². The Morgan fingerprint density at radius 1 is 1.38 bits per heavy atom. The van der Waals surface area contributed by atoms with Crippen molar-refractivity contribution in [2.24, 2.45) is 5.10 Å². The number of amides is 1. The number of nitro groups is 1. The normalized spacial score (nSPS) is 11.2. The molecule has 0 bridgehead atoms. The van der Waals surface area contributed by atoms with Gasteiger partial charge in [0.15, 0.2) is 6.61 Å². The summed E-state index contributed by atoms with van der Waals surface area (Å²) in [4.78, 5) is 22.1. The summed E-state index contributed by atoms with van der Waals surface area (Å²) in [5, 5.41) is 14.7. The van der Waals surface area contributed by atoms with E-state index in [1.165, 1.54) is 18.4 Å². The molecule has 0 radical (unpaired) electrons. The molecule has 0 spiro atoms. The predicted molar refractivity (Wildman–Crippen MR) is 87.1 cm³/mol. The molecular formula is C16H17N3O5. The molecule has 8 heteroatoms. The maximum Gasteiger partial charge on any atom is 0.277 e. The average molecular weight is 331 g/mol. The van der Waals surface area contributed by atoms with Gasteiger partial charge in [0.2, 0.25) is 0 Å². The van der Waals surface area contributed by atoms with Crippen molar-refractivity contribution >= 4 is 17.3 Å². The summed E-state index contributed by atoms with van der Waals surface area (Å²) in [7, 11) is 0. The minimum Gasteiger partial charge on any atom is -0.483 e. The van der Waals surface area contributed by atoms with Gasteiger partial charge in [-0.25, -0.2) is 5.43 Å². The third-order valence-electron chi connectivity index (χ3n) is 3.23. The molecule has 0 unspecified atom stereocenters. The molecule has 0 aliphatic heterocycles. The maximum atomic E-state index is 11.8. The molecule has 0 saturated heterocycles.